The second-order valence-corrected chi connectivity index (χ2v) is 8.30. The van der Waals surface area contributed by atoms with E-state index in [4.69, 9.17) is 0 Å². The quantitative estimate of drug-likeness (QED) is 0.732. The van der Waals surface area contributed by atoms with Gasteiger partial charge in [0.15, 0.2) is 0 Å². The fourth-order valence-corrected chi connectivity index (χ4v) is 4.67. The van der Waals surface area contributed by atoms with Crippen molar-refractivity contribution in [3.8, 4) is 0 Å². The minimum absolute atomic E-state index is 0.0106. The summed E-state index contributed by atoms with van der Waals surface area (Å²) in [6.45, 7) is 1.38. The Bertz CT molecular complexity index is 841. The van der Waals surface area contributed by atoms with E-state index in [1.165, 1.54) is 6.92 Å². The summed E-state index contributed by atoms with van der Waals surface area (Å²) in [4.78, 5) is 23.5. The van der Waals surface area contributed by atoms with E-state index in [2.05, 4.69) is 10.1 Å². The fourth-order valence-electron chi connectivity index (χ4n) is 2.97. The Morgan fingerprint density at radius 3 is 2.57 bits per heavy atom. The number of amides is 1. The van der Waals surface area contributed by atoms with Gasteiger partial charge in [0, 0.05) is 6.54 Å². The Balaban J connectivity index is 2.32. The molecule has 0 spiro atoms. The van der Waals surface area contributed by atoms with Gasteiger partial charge in [-0.05, 0) is 38.0 Å². The summed E-state index contributed by atoms with van der Waals surface area (Å²) in [6.07, 6.45) is -3.47. The maximum absolute atomic E-state index is 12.9. The van der Waals surface area contributed by atoms with Gasteiger partial charge in [-0.2, -0.15) is 17.5 Å². The summed E-state index contributed by atoms with van der Waals surface area (Å²) >= 11 is 0. The van der Waals surface area contributed by atoms with Gasteiger partial charge < -0.3 is 10.1 Å². The van der Waals surface area contributed by atoms with E-state index >= 15 is 0 Å². The summed E-state index contributed by atoms with van der Waals surface area (Å²) < 4.78 is 70.1. The molecule has 0 radical (unpaired) electrons. The average Bonchev–Trinajstić information content (AvgIpc) is 2.66. The smallest absolute Gasteiger partial charge is 0.416 e. The number of hydrogen-bond acceptors (Lipinski definition) is 5. The second kappa shape index (κ2) is 8.48. The molecule has 1 unspecified atom stereocenters. The molecule has 1 aliphatic rings. The van der Waals surface area contributed by atoms with Gasteiger partial charge in [-0.25, -0.2) is 13.2 Å². The highest BCUT2D eigenvalue weighted by Crippen LogP contribution is 2.32. The number of ether oxygens (including phenoxy) is 1. The number of carbonyl (C=O) groups is 2. The molecule has 0 aromatic heterocycles. The number of carbonyl (C=O) groups excluding carboxylic acids is 2. The van der Waals surface area contributed by atoms with Crippen LogP contribution in [0.3, 0.4) is 0 Å². The molecule has 1 heterocycles. The molecule has 1 fully saturated rings. The van der Waals surface area contributed by atoms with Crippen molar-refractivity contribution < 1.29 is 35.9 Å². The third-order valence-corrected chi connectivity index (χ3v) is 6.34. The van der Waals surface area contributed by atoms with Crippen LogP contribution in [-0.2, 0) is 30.5 Å². The SMILES string of the molecule is COC(=O)C(C)NC(=O)[C@@H]1CCCCN1S(=O)(=O)c1cccc(C(F)(F)F)c1. The molecule has 156 valence electrons. The maximum Gasteiger partial charge on any atom is 0.416 e. The number of alkyl halides is 3. The average molecular weight is 422 g/mol. The van der Waals surface area contributed by atoms with Gasteiger partial charge in [-0.1, -0.05) is 12.5 Å². The molecule has 2 rings (SSSR count). The van der Waals surface area contributed by atoms with Crippen LogP contribution < -0.4 is 5.32 Å². The number of halogens is 3. The van der Waals surface area contributed by atoms with Crippen molar-refractivity contribution >= 4 is 21.9 Å². The first-order valence-corrected chi connectivity index (χ1v) is 10.00. The molecular formula is C17H21F3N2O5S. The third kappa shape index (κ3) is 4.82. The number of nitrogens with one attached hydrogen (secondary N) is 1. The topological polar surface area (TPSA) is 92.8 Å². The van der Waals surface area contributed by atoms with Crippen molar-refractivity contribution in [3.63, 3.8) is 0 Å². The van der Waals surface area contributed by atoms with Crippen LogP contribution >= 0.6 is 0 Å². The Labute approximate surface area is 160 Å². The van der Waals surface area contributed by atoms with Crippen LogP contribution in [0, 0.1) is 0 Å². The molecule has 1 aromatic rings. The molecule has 11 heteroatoms. The number of methoxy groups -OCH3 is 1. The van der Waals surface area contributed by atoms with E-state index in [0.29, 0.717) is 18.9 Å². The van der Waals surface area contributed by atoms with Crippen molar-refractivity contribution in [1.29, 1.82) is 0 Å². The Morgan fingerprint density at radius 1 is 1.29 bits per heavy atom. The van der Waals surface area contributed by atoms with Gasteiger partial charge in [-0.15, -0.1) is 0 Å². The zero-order chi connectivity index (χ0) is 21.1. The van der Waals surface area contributed by atoms with Crippen LogP contribution in [0.15, 0.2) is 29.2 Å². The van der Waals surface area contributed by atoms with Crippen molar-refractivity contribution in [3.05, 3.63) is 29.8 Å². The molecule has 1 aliphatic heterocycles. The van der Waals surface area contributed by atoms with Crippen LogP contribution in [0.25, 0.3) is 0 Å². The molecule has 0 aliphatic carbocycles. The van der Waals surface area contributed by atoms with Gasteiger partial charge in [-0.3, -0.25) is 4.79 Å². The minimum atomic E-state index is -4.69. The Kier molecular flexibility index (Phi) is 6.71. The zero-order valence-electron chi connectivity index (χ0n) is 15.3. The van der Waals surface area contributed by atoms with Crippen molar-refractivity contribution in [2.45, 2.75) is 49.3 Å². The van der Waals surface area contributed by atoms with Crippen LogP contribution in [0.5, 0.6) is 0 Å². The molecule has 2 atom stereocenters. The van der Waals surface area contributed by atoms with Crippen molar-refractivity contribution in [1.82, 2.24) is 9.62 Å². The highest BCUT2D eigenvalue weighted by atomic mass is 32.2. The number of piperidine rings is 1. The minimum Gasteiger partial charge on any atom is -0.467 e. The number of sulfonamides is 1. The molecule has 1 N–H and O–H groups in total. The predicted octanol–water partition coefficient (Wildman–Crippen LogP) is 1.93. The van der Waals surface area contributed by atoms with Crippen LogP contribution in [-0.4, -0.2) is 50.3 Å². The lowest BCUT2D eigenvalue weighted by Crippen LogP contribution is -2.54. The Morgan fingerprint density at radius 2 is 1.96 bits per heavy atom. The first kappa shape index (κ1) is 22.2. The lowest BCUT2D eigenvalue weighted by molar-refractivity contribution is -0.145. The monoisotopic (exact) mass is 422 g/mol. The highest BCUT2D eigenvalue weighted by molar-refractivity contribution is 7.89. The van der Waals surface area contributed by atoms with Crippen LogP contribution in [0.2, 0.25) is 0 Å². The lowest BCUT2D eigenvalue weighted by Gasteiger charge is -2.34. The molecule has 1 amide bonds. The maximum atomic E-state index is 12.9. The summed E-state index contributed by atoms with van der Waals surface area (Å²) in [7, 11) is -3.20. The van der Waals surface area contributed by atoms with Crippen LogP contribution in [0.1, 0.15) is 31.7 Å². The molecule has 0 saturated carbocycles. The molecule has 28 heavy (non-hydrogen) atoms. The van der Waals surface area contributed by atoms with Gasteiger partial charge in [0.1, 0.15) is 12.1 Å². The number of rotatable bonds is 5. The first-order chi connectivity index (χ1) is 13.0. The van der Waals surface area contributed by atoms with Gasteiger partial charge in [0.05, 0.1) is 17.6 Å². The largest absolute Gasteiger partial charge is 0.467 e. The third-order valence-electron chi connectivity index (χ3n) is 4.44. The van der Waals surface area contributed by atoms with Gasteiger partial charge >= 0.3 is 12.1 Å². The van der Waals surface area contributed by atoms with E-state index in [1.54, 1.807) is 0 Å². The molecular weight excluding hydrogens is 401 g/mol. The summed E-state index contributed by atoms with van der Waals surface area (Å²) in [5.41, 5.74) is -1.09. The normalized spacial score (nSPS) is 19.7. The zero-order valence-corrected chi connectivity index (χ0v) is 16.1. The van der Waals surface area contributed by atoms with E-state index in [9.17, 15) is 31.2 Å². The summed E-state index contributed by atoms with van der Waals surface area (Å²) in [5.74, 6) is -1.40. The van der Waals surface area contributed by atoms with Gasteiger partial charge in [0.2, 0.25) is 15.9 Å². The first-order valence-electron chi connectivity index (χ1n) is 8.56. The standard InChI is InChI=1S/C17H21F3N2O5S/c1-11(16(24)27-2)21-15(23)14-8-3-4-9-22(14)28(25,26)13-7-5-6-12(10-13)17(18,19)20/h5-7,10-11,14H,3-4,8-9H2,1-2H3,(H,21,23)/t11?,14-/m0/s1. The number of hydrogen-bond donors (Lipinski definition) is 1. The van der Waals surface area contributed by atoms with E-state index in [0.717, 1.165) is 29.6 Å². The predicted molar refractivity (Wildman–Crippen MR) is 92.6 cm³/mol. The van der Waals surface area contributed by atoms with Crippen molar-refractivity contribution in [2.24, 2.45) is 0 Å². The lowest BCUT2D eigenvalue weighted by atomic mass is 10.0. The van der Waals surface area contributed by atoms with Crippen LogP contribution in [0.4, 0.5) is 13.2 Å². The van der Waals surface area contributed by atoms with Gasteiger partial charge in [0.25, 0.3) is 0 Å². The number of nitrogens with zero attached hydrogens (tertiary/aromatic N) is 1. The number of esters is 1. The summed E-state index contributed by atoms with van der Waals surface area (Å²) in [6, 6.07) is 1.28. The second-order valence-electron chi connectivity index (χ2n) is 6.41. The molecule has 1 saturated heterocycles. The number of benzene rings is 1. The van der Waals surface area contributed by atoms with E-state index in [-0.39, 0.29) is 13.0 Å². The molecule has 7 nitrogen and oxygen atoms in total. The molecule has 0 bridgehead atoms. The summed E-state index contributed by atoms with van der Waals surface area (Å²) in [5, 5.41) is 2.39. The van der Waals surface area contributed by atoms with E-state index in [1.807, 2.05) is 0 Å². The fraction of sp³-hybridized carbons (Fsp3) is 0.529. The highest BCUT2D eigenvalue weighted by Gasteiger charge is 2.39. The van der Waals surface area contributed by atoms with E-state index < -0.39 is 50.6 Å². The van der Waals surface area contributed by atoms with Crippen molar-refractivity contribution in [2.75, 3.05) is 13.7 Å². The molecule has 1 aromatic carbocycles. The Hall–Kier alpha value is -2.14.